The maximum atomic E-state index is 13.6. The molecule has 0 saturated heterocycles. The van der Waals surface area contributed by atoms with Crippen LogP contribution in [0.1, 0.15) is 56.0 Å². The maximum Gasteiger partial charge on any atom is 0.260 e. The highest BCUT2D eigenvalue weighted by Gasteiger charge is 2.48. The van der Waals surface area contributed by atoms with E-state index in [1.54, 1.807) is 49.5 Å². The van der Waals surface area contributed by atoms with Gasteiger partial charge in [-0.15, -0.1) is 0 Å². The van der Waals surface area contributed by atoms with Gasteiger partial charge in [-0.3, -0.25) is 19.3 Å². The van der Waals surface area contributed by atoms with Gasteiger partial charge in [0.25, 0.3) is 11.8 Å². The van der Waals surface area contributed by atoms with Gasteiger partial charge in [0.2, 0.25) is 5.91 Å². The van der Waals surface area contributed by atoms with Crippen molar-refractivity contribution >= 4 is 23.4 Å². The zero-order valence-corrected chi connectivity index (χ0v) is 20.0. The van der Waals surface area contributed by atoms with Crippen LogP contribution in [-0.4, -0.2) is 43.4 Å². The normalized spacial score (nSPS) is 19.4. The van der Waals surface area contributed by atoms with E-state index in [4.69, 9.17) is 9.47 Å². The van der Waals surface area contributed by atoms with Crippen molar-refractivity contribution < 1.29 is 23.9 Å². The number of hydrogen-bond acceptors (Lipinski definition) is 5. The minimum Gasteiger partial charge on any atom is -0.493 e. The minimum atomic E-state index is -0.665. The van der Waals surface area contributed by atoms with Crippen LogP contribution in [0.4, 0.5) is 5.69 Å². The lowest BCUT2D eigenvalue weighted by atomic mass is 10.0. The molecule has 0 saturated carbocycles. The van der Waals surface area contributed by atoms with Gasteiger partial charge >= 0.3 is 0 Å². The number of carbonyl (C=O) groups is 3. The number of aryl methyl sites for hydroxylation is 1. The van der Waals surface area contributed by atoms with E-state index in [0.29, 0.717) is 28.3 Å². The first kappa shape index (κ1) is 22.2. The molecule has 8 nitrogen and oxygen atoms in total. The van der Waals surface area contributed by atoms with Crippen molar-refractivity contribution in [3.63, 3.8) is 0 Å². The third-order valence-electron chi connectivity index (χ3n) is 7.26. The molecule has 3 aliphatic rings. The summed E-state index contributed by atoms with van der Waals surface area (Å²) in [6.07, 6.45) is 0.877. The Morgan fingerprint density at radius 3 is 2.39 bits per heavy atom. The van der Waals surface area contributed by atoms with E-state index >= 15 is 0 Å². The molecule has 1 N–H and O–H groups in total. The second-order valence-corrected chi connectivity index (χ2v) is 9.15. The highest BCUT2D eigenvalue weighted by atomic mass is 16.5. The predicted octanol–water partition coefficient (Wildman–Crippen LogP) is 3.62. The lowest BCUT2D eigenvalue weighted by Crippen LogP contribution is -2.51. The van der Waals surface area contributed by atoms with Crippen LogP contribution in [0.3, 0.4) is 0 Å². The van der Waals surface area contributed by atoms with Crippen LogP contribution in [-0.2, 0) is 11.2 Å². The van der Waals surface area contributed by atoms with E-state index in [9.17, 15) is 14.4 Å². The summed E-state index contributed by atoms with van der Waals surface area (Å²) in [5.41, 5.74) is 4.33. The Kier molecular flexibility index (Phi) is 5.17. The number of para-hydroxylation sites is 1. The smallest absolute Gasteiger partial charge is 0.260 e. The van der Waals surface area contributed by atoms with Crippen molar-refractivity contribution in [3.8, 4) is 11.5 Å². The first-order valence-electron chi connectivity index (χ1n) is 11.9. The number of benzene rings is 3. The largest absolute Gasteiger partial charge is 0.493 e. The summed E-state index contributed by atoms with van der Waals surface area (Å²) in [4.78, 5) is 43.3. The van der Waals surface area contributed by atoms with Gasteiger partial charge in [-0.2, -0.15) is 0 Å². The summed E-state index contributed by atoms with van der Waals surface area (Å²) >= 11 is 0. The molecule has 2 heterocycles. The van der Waals surface area contributed by atoms with E-state index < -0.39 is 6.17 Å². The summed E-state index contributed by atoms with van der Waals surface area (Å²) in [5, 5.41) is 3.10. The summed E-state index contributed by atoms with van der Waals surface area (Å²) < 4.78 is 10.9. The number of anilines is 1. The van der Waals surface area contributed by atoms with Gasteiger partial charge in [0, 0.05) is 11.1 Å². The van der Waals surface area contributed by atoms with Crippen LogP contribution in [0.25, 0.3) is 0 Å². The third kappa shape index (κ3) is 3.25. The first-order valence-corrected chi connectivity index (χ1v) is 11.9. The molecule has 3 amide bonds. The molecule has 36 heavy (non-hydrogen) atoms. The van der Waals surface area contributed by atoms with Crippen LogP contribution in [0, 0.1) is 0 Å². The Labute approximate surface area is 208 Å². The fourth-order valence-corrected chi connectivity index (χ4v) is 5.61. The fourth-order valence-electron chi connectivity index (χ4n) is 5.61. The second-order valence-electron chi connectivity index (χ2n) is 9.15. The van der Waals surface area contributed by atoms with E-state index in [1.807, 2.05) is 30.3 Å². The van der Waals surface area contributed by atoms with Crippen molar-refractivity contribution in [2.24, 2.45) is 0 Å². The van der Waals surface area contributed by atoms with Gasteiger partial charge in [0.1, 0.15) is 12.7 Å². The number of nitrogens with zero attached hydrogens (tertiary/aromatic N) is 2. The van der Waals surface area contributed by atoms with Gasteiger partial charge in [-0.05, 0) is 54.3 Å². The molecule has 6 rings (SSSR count). The lowest BCUT2D eigenvalue weighted by Gasteiger charge is -2.40. The quantitative estimate of drug-likeness (QED) is 0.599. The van der Waals surface area contributed by atoms with Crippen LogP contribution < -0.4 is 19.7 Å². The Bertz CT molecular complexity index is 1420. The molecule has 0 spiro atoms. The van der Waals surface area contributed by atoms with Gasteiger partial charge in [0.05, 0.1) is 31.5 Å². The van der Waals surface area contributed by atoms with Crippen molar-refractivity contribution in [2.75, 3.05) is 25.7 Å². The third-order valence-corrected chi connectivity index (χ3v) is 7.26. The molecule has 0 radical (unpaired) electrons. The maximum absolute atomic E-state index is 13.6. The molecule has 182 valence electrons. The number of methoxy groups -OCH3 is 2. The number of hydrogen-bond donors (Lipinski definition) is 1. The molecule has 0 bridgehead atoms. The Morgan fingerprint density at radius 2 is 1.61 bits per heavy atom. The number of ether oxygens (including phenoxy) is 2. The SMILES string of the molecule is COc1cc2c(cc1OC)[C@H](NC(=O)CN1C(=O)c3ccccc3N3C(=O)c4ccccc4[C@H]13)CC2. The van der Waals surface area contributed by atoms with Crippen molar-refractivity contribution in [3.05, 3.63) is 88.5 Å². The Balaban J connectivity index is 1.30. The van der Waals surface area contributed by atoms with Crippen molar-refractivity contribution in [1.82, 2.24) is 10.2 Å². The summed E-state index contributed by atoms with van der Waals surface area (Å²) in [6.45, 7) is -0.172. The minimum absolute atomic E-state index is 0.172. The average Bonchev–Trinajstić information content (AvgIpc) is 3.43. The molecule has 3 aromatic rings. The number of carbonyl (C=O) groups excluding carboxylic acids is 3. The van der Waals surface area contributed by atoms with Crippen molar-refractivity contribution in [2.45, 2.75) is 25.0 Å². The van der Waals surface area contributed by atoms with E-state index in [2.05, 4.69) is 5.32 Å². The van der Waals surface area contributed by atoms with Gasteiger partial charge < -0.3 is 19.7 Å². The highest BCUT2D eigenvalue weighted by molar-refractivity contribution is 6.17. The number of fused-ring (bicyclic) bond motifs is 6. The zero-order valence-electron chi connectivity index (χ0n) is 20.0. The Hall–Kier alpha value is -4.33. The summed E-state index contributed by atoms with van der Waals surface area (Å²) in [7, 11) is 3.18. The molecule has 3 aromatic carbocycles. The molecule has 0 fully saturated rings. The van der Waals surface area contributed by atoms with Gasteiger partial charge in [-0.25, -0.2) is 0 Å². The summed E-state index contributed by atoms with van der Waals surface area (Å²) in [5.74, 6) is 0.533. The molecular weight excluding hydrogens is 458 g/mol. The zero-order chi connectivity index (χ0) is 25.0. The molecule has 8 heteroatoms. The molecule has 0 unspecified atom stereocenters. The Morgan fingerprint density at radius 1 is 0.917 bits per heavy atom. The van der Waals surface area contributed by atoms with Gasteiger partial charge in [-0.1, -0.05) is 30.3 Å². The second kappa shape index (κ2) is 8.41. The number of nitrogens with one attached hydrogen (secondary N) is 1. The van der Waals surface area contributed by atoms with Crippen LogP contribution in [0.2, 0.25) is 0 Å². The monoisotopic (exact) mass is 483 g/mol. The average molecular weight is 484 g/mol. The van der Waals surface area contributed by atoms with E-state index in [0.717, 1.165) is 29.5 Å². The van der Waals surface area contributed by atoms with E-state index in [-0.39, 0.29) is 30.3 Å². The van der Waals surface area contributed by atoms with E-state index in [1.165, 1.54) is 4.90 Å². The molecule has 1 aliphatic carbocycles. The lowest BCUT2D eigenvalue weighted by molar-refractivity contribution is -0.123. The standard InChI is InChI=1S/C28H25N3O5/c1-35-23-13-16-11-12-21(20(16)14-24(23)36-2)29-25(32)15-30-26-17-7-3-4-8-18(17)28(34)31(26)22-10-6-5-9-19(22)27(30)33/h3-10,13-14,21,26H,11-12,15H2,1-2H3,(H,29,32)/t21-,26-/m1/s1. The van der Waals surface area contributed by atoms with Crippen LogP contribution >= 0.6 is 0 Å². The molecule has 2 atom stereocenters. The molecular formula is C28H25N3O5. The van der Waals surface area contributed by atoms with Gasteiger partial charge in [0.15, 0.2) is 11.5 Å². The molecule has 0 aromatic heterocycles. The van der Waals surface area contributed by atoms with Crippen molar-refractivity contribution in [1.29, 1.82) is 0 Å². The predicted molar refractivity (Wildman–Crippen MR) is 132 cm³/mol. The van der Waals surface area contributed by atoms with Crippen LogP contribution in [0.5, 0.6) is 11.5 Å². The number of amides is 3. The summed E-state index contributed by atoms with van der Waals surface area (Å²) in [6, 6.07) is 18.0. The molecule has 2 aliphatic heterocycles. The topological polar surface area (TPSA) is 88.2 Å². The number of rotatable bonds is 5. The highest BCUT2D eigenvalue weighted by Crippen LogP contribution is 2.45. The first-order chi connectivity index (χ1) is 17.5. The fraction of sp³-hybridized carbons (Fsp3) is 0.250. The van der Waals surface area contributed by atoms with Crippen LogP contribution in [0.15, 0.2) is 60.7 Å².